The molecule has 0 aromatic heterocycles. The van der Waals surface area contributed by atoms with Crippen LogP contribution < -0.4 is 10.4 Å². The van der Waals surface area contributed by atoms with Gasteiger partial charge in [0.25, 0.3) is 0 Å². The van der Waals surface area contributed by atoms with Gasteiger partial charge in [-0.3, -0.25) is 0 Å². The quantitative estimate of drug-likeness (QED) is 0.169. The van der Waals surface area contributed by atoms with Crippen LogP contribution in [0.3, 0.4) is 0 Å². The molecule has 0 saturated heterocycles. The van der Waals surface area contributed by atoms with Crippen molar-refractivity contribution >= 4 is 38.7 Å². The van der Waals surface area contributed by atoms with Crippen LogP contribution in [0, 0.1) is 0 Å². The van der Waals surface area contributed by atoms with Crippen molar-refractivity contribution in [3.8, 4) is 22.3 Å². The Morgan fingerprint density at radius 2 is 0.650 bits per heavy atom. The summed E-state index contributed by atoms with van der Waals surface area (Å²) in [4.78, 5) is 0. The van der Waals surface area contributed by atoms with Gasteiger partial charge < -0.3 is 0 Å². The first kappa shape index (κ1) is 27.6. The molecular weight excluding hydrogens is 513 g/mol. The fraction of sp³-hybridized carbons (Fsp3) is 0.105. The fourth-order valence-electron chi connectivity index (χ4n) is 4.97. The van der Waals surface area contributed by atoms with Crippen LogP contribution in [0.25, 0.3) is 34.4 Å². The first-order chi connectivity index (χ1) is 19.3. The number of hydrogen-bond acceptors (Lipinski definition) is 0. The molecule has 0 unspecified atom stereocenters. The van der Waals surface area contributed by atoms with Crippen molar-refractivity contribution in [3.05, 3.63) is 156 Å². The lowest BCUT2D eigenvalue weighted by molar-refractivity contribution is 1.60. The zero-order chi connectivity index (χ0) is 28.0. The van der Waals surface area contributed by atoms with E-state index in [0.29, 0.717) is 0 Å². The van der Waals surface area contributed by atoms with Crippen LogP contribution in [-0.2, 0) is 0 Å². The molecule has 0 aliphatic carbocycles. The highest BCUT2D eigenvalue weighted by Gasteiger charge is 2.23. The van der Waals surface area contributed by atoms with Gasteiger partial charge in [-0.1, -0.05) is 194 Å². The van der Waals surface area contributed by atoms with Crippen molar-refractivity contribution in [2.45, 2.75) is 26.2 Å². The molecule has 5 aromatic rings. The van der Waals surface area contributed by atoms with Crippen LogP contribution in [0.4, 0.5) is 0 Å². The monoisotopic (exact) mass is 550 g/mol. The number of benzene rings is 5. The van der Waals surface area contributed by atoms with Crippen LogP contribution in [-0.4, -0.2) is 16.1 Å². The predicted molar refractivity (Wildman–Crippen MR) is 182 cm³/mol. The van der Waals surface area contributed by atoms with E-state index in [9.17, 15) is 0 Å². The largest absolute Gasteiger partial charge is 0.104 e. The first-order valence-corrected chi connectivity index (χ1v) is 20.3. The van der Waals surface area contributed by atoms with E-state index in [2.05, 4.69) is 183 Å². The van der Waals surface area contributed by atoms with Crippen LogP contribution in [0.15, 0.2) is 145 Å². The van der Waals surface area contributed by atoms with E-state index in [1.165, 1.54) is 43.8 Å². The van der Waals surface area contributed by atoms with Crippen LogP contribution in [0.5, 0.6) is 0 Å². The van der Waals surface area contributed by atoms with Crippen molar-refractivity contribution in [2.24, 2.45) is 0 Å². The molecule has 40 heavy (non-hydrogen) atoms. The summed E-state index contributed by atoms with van der Waals surface area (Å²) in [5, 5.41) is 2.94. The molecule has 5 rings (SSSR count). The summed E-state index contributed by atoms with van der Waals surface area (Å²) in [6.45, 7) is 9.72. The maximum atomic E-state index is 2.46. The van der Waals surface area contributed by atoms with Gasteiger partial charge in [0.05, 0.1) is 0 Å². The molecule has 0 spiro atoms. The van der Waals surface area contributed by atoms with E-state index < -0.39 is 16.1 Å². The Kier molecular flexibility index (Phi) is 8.30. The lowest BCUT2D eigenvalue weighted by Crippen LogP contribution is -2.43. The molecule has 0 N–H and O–H groups in total. The van der Waals surface area contributed by atoms with Crippen molar-refractivity contribution in [1.82, 2.24) is 0 Å². The molecule has 0 aliphatic rings. The molecule has 2 heteroatoms. The molecule has 5 aromatic carbocycles. The summed E-state index contributed by atoms with van der Waals surface area (Å²) in [6.07, 6.45) is 4.61. The Labute approximate surface area is 242 Å². The molecule has 198 valence electrons. The Balaban J connectivity index is 1.25. The van der Waals surface area contributed by atoms with Crippen LogP contribution in [0.2, 0.25) is 26.2 Å². The highest BCUT2D eigenvalue weighted by Crippen LogP contribution is 2.21. The van der Waals surface area contributed by atoms with Crippen LogP contribution in [0.1, 0.15) is 11.1 Å². The van der Waals surface area contributed by atoms with Crippen molar-refractivity contribution in [1.29, 1.82) is 0 Å². The lowest BCUT2D eigenvalue weighted by Gasteiger charge is -2.22. The smallest absolute Gasteiger partial charge is 0.0897 e. The molecule has 0 atom stereocenters. The van der Waals surface area contributed by atoms with E-state index in [1.807, 2.05) is 0 Å². The predicted octanol–water partition coefficient (Wildman–Crippen LogP) is 9.36. The fourth-order valence-corrected chi connectivity index (χ4v) is 8.62. The Morgan fingerprint density at radius 1 is 0.350 bits per heavy atom. The third-order valence-electron chi connectivity index (χ3n) is 7.79. The summed E-state index contributed by atoms with van der Waals surface area (Å²) >= 11 is 0. The highest BCUT2D eigenvalue weighted by molar-refractivity contribution is 6.95. The summed E-state index contributed by atoms with van der Waals surface area (Å²) in [5.74, 6) is 0. The van der Waals surface area contributed by atoms with Crippen molar-refractivity contribution < 1.29 is 0 Å². The Morgan fingerprint density at radius 3 is 0.975 bits per heavy atom. The molecule has 0 amide bonds. The molecule has 0 aliphatic heterocycles. The third kappa shape index (κ3) is 6.77. The highest BCUT2D eigenvalue weighted by atomic mass is 28.3. The molecule has 0 nitrogen and oxygen atoms in total. The molecule has 0 heterocycles. The molecule has 0 bridgehead atoms. The summed E-state index contributed by atoms with van der Waals surface area (Å²) in [6, 6.07) is 48.4. The maximum Gasteiger partial charge on any atom is 0.104 e. The molecular formula is C38H38Si2. The van der Waals surface area contributed by atoms with Gasteiger partial charge in [-0.05, 0) is 33.4 Å². The van der Waals surface area contributed by atoms with Gasteiger partial charge in [-0.15, -0.1) is 0 Å². The number of hydrogen-bond donors (Lipinski definition) is 0. The normalized spacial score (nSPS) is 12.3. The zero-order valence-electron chi connectivity index (χ0n) is 24.0. The van der Waals surface area contributed by atoms with Gasteiger partial charge in [0.1, 0.15) is 16.1 Å². The summed E-state index contributed by atoms with van der Waals surface area (Å²) < 4.78 is 0. The summed E-state index contributed by atoms with van der Waals surface area (Å²) in [5.41, 5.74) is 12.5. The average molecular weight is 551 g/mol. The van der Waals surface area contributed by atoms with Gasteiger partial charge in [-0.25, -0.2) is 0 Å². The van der Waals surface area contributed by atoms with E-state index in [4.69, 9.17) is 0 Å². The van der Waals surface area contributed by atoms with Gasteiger partial charge in [0, 0.05) is 0 Å². The summed E-state index contributed by atoms with van der Waals surface area (Å²) in [7, 11) is -3.42. The second kappa shape index (κ2) is 12.0. The average Bonchev–Trinajstić information content (AvgIpc) is 3.00. The minimum absolute atomic E-state index is 1.26. The Bertz CT molecular complexity index is 1450. The second-order valence-electron chi connectivity index (χ2n) is 11.7. The van der Waals surface area contributed by atoms with Crippen molar-refractivity contribution in [2.75, 3.05) is 0 Å². The van der Waals surface area contributed by atoms with E-state index in [1.54, 1.807) is 0 Å². The topological polar surface area (TPSA) is 0 Å². The van der Waals surface area contributed by atoms with Crippen molar-refractivity contribution in [3.63, 3.8) is 0 Å². The lowest BCUT2D eigenvalue weighted by atomic mass is 10.0. The third-order valence-corrected chi connectivity index (χ3v) is 13.4. The van der Waals surface area contributed by atoms with Gasteiger partial charge >= 0.3 is 0 Å². The molecule has 0 fully saturated rings. The molecule has 0 radical (unpaired) electrons. The van der Waals surface area contributed by atoms with Gasteiger partial charge in [0.2, 0.25) is 0 Å². The standard InChI is InChI=1S/C38H38Si2/c1-39(2,29-27-31-15-19-35(20-16-31)33-11-7-5-8-12-33)37-23-25-38(26-24-37)40(3,4)30-28-32-17-21-36(22-18-32)34-13-9-6-10-14-34/h5-30H,1-4H3/b29-27+,30-28+. The minimum atomic E-state index is -1.71. The SMILES string of the molecule is C[Si](C)(/C=C/c1ccc(-c2ccccc2)cc1)c1ccc([Si](C)(C)/C=C/c2ccc(-c3ccccc3)cc2)cc1. The van der Waals surface area contributed by atoms with Crippen LogP contribution >= 0.6 is 0 Å². The van der Waals surface area contributed by atoms with Gasteiger partial charge in [-0.2, -0.15) is 0 Å². The second-order valence-corrected chi connectivity index (χ2v) is 20.4. The minimum Gasteiger partial charge on any atom is -0.0897 e. The molecule has 0 saturated carbocycles. The van der Waals surface area contributed by atoms with E-state index in [-0.39, 0.29) is 0 Å². The van der Waals surface area contributed by atoms with E-state index >= 15 is 0 Å². The number of rotatable bonds is 8. The maximum absolute atomic E-state index is 2.46. The Hall–Kier alpha value is -3.99. The zero-order valence-corrected chi connectivity index (χ0v) is 26.0. The first-order valence-electron chi connectivity index (χ1n) is 14.1. The van der Waals surface area contributed by atoms with Gasteiger partial charge in [0.15, 0.2) is 0 Å². The van der Waals surface area contributed by atoms with E-state index in [0.717, 1.165) is 0 Å².